The van der Waals surface area contributed by atoms with E-state index in [2.05, 4.69) is 43.1 Å². The Balaban J connectivity index is 1.70. The Morgan fingerprint density at radius 3 is 2.67 bits per heavy atom. The maximum absolute atomic E-state index is 5.91. The molecule has 2 rings (SSSR count). The molecule has 1 aromatic heterocycles. The van der Waals surface area contributed by atoms with Crippen molar-refractivity contribution in [2.45, 2.75) is 52.8 Å². The normalized spacial score (nSPS) is 17.7. The number of hydrogen-bond donors (Lipinski definition) is 1. The molecule has 1 fully saturated rings. The van der Waals surface area contributed by atoms with Crippen LogP contribution in [0.3, 0.4) is 0 Å². The third-order valence-electron chi connectivity index (χ3n) is 3.89. The van der Waals surface area contributed by atoms with Crippen LogP contribution in [0.2, 0.25) is 0 Å². The van der Waals surface area contributed by atoms with Crippen LogP contribution in [0, 0.1) is 5.92 Å². The zero-order chi connectivity index (χ0) is 15.1. The minimum atomic E-state index is 0.457. The van der Waals surface area contributed by atoms with Gasteiger partial charge in [0.05, 0.1) is 19.2 Å². The molecular weight excluding hydrogens is 264 g/mol. The zero-order valence-corrected chi connectivity index (χ0v) is 13.7. The summed E-state index contributed by atoms with van der Waals surface area (Å²) in [7, 11) is 0. The van der Waals surface area contributed by atoms with Gasteiger partial charge in [-0.15, -0.1) is 0 Å². The van der Waals surface area contributed by atoms with Crippen molar-refractivity contribution in [1.29, 1.82) is 0 Å². The highest BCUT2D eigenvalue weighted by molar-refractivity contribution is 5.07. The van der Waals surface area contributed by atoms with Crippen molar-refractivity contribution < 1.29 is 9.15 Å². The maximum Gasteiger partial charge on any atom is 0.118 e. The summed E-state index contributed by atoms with van der Waals surface area (Å²) in [6.07, 6.45) is 2.73. The van der Waals surface area contributed by atoms with Crippen LogP contribution >= 0.6 is 0 Å². The van der Waals surface area contributed by atoms with Gasteiger partial charge in [-0.3, -0.25) is 4.90 Å². The van der Waals surface area contributed by atoms with Gasteiger partial charge in [0.25, 0.3) is 0 Å². The summed E-state index contributed by atoms with van der Waals surface area (Å²) in [4.78, 5) is 2.46. The van der Waals surface area contributed by atoms with E-state index >= 15 is 0 Å². The molecular formula is C17H30N2O2. The van der Waals surface area contributed by atoms with Crippen LogP contribution in [0.5, 0.6) is 0 Å². The van der Waals surface area contributed by atoms with E-state index in [9.17, 15) is 0 Å². The van der Waals surface area contributed by atoms with E-state index in [0.29, 0.717) is 12.0 Å². The van der Waals surface area contributed by atoms with E-state index in [1.165, 1.54) is 0 Å². The summed E-state index contributed by atoms with van der Waals surface area (Å²) >= 11 is 0. The van der Waals surface area contributed by atoms with Crippen molar-refractivity contribution >= 4 is 0 Å². The molecule has 4 heteroatoms. The van der Waals surface area contributed by atoms with Gasteiger partial charge < -0.3 is 14.5 Å². The topological polar surface area (TPSA) is 37.6 Å². The van der Waals surface area contributed by atoms with E-state index in [-0.39, 0.29) is 0 Å². The number of rotatable bonds is 8. The van der Waals surface area contributed by atoms with Crippen LogP contribution in [0.1, 0.15) is 45.1 Å². The number of nitrogens with one attached hydrogen (secondary N) is 1. The fourth-order valence-electron chi connectivity index (χ4n) is 2.78. The zero-order valence-electron chi connectivity index (χ0n) is 13.7. The number of ether oxygens (including phenoxy) is 1. The third kappa shape index (κ3) is 5.81. The second kappa shape index (κ2) is 8.57. The molecule has 0 spiro atoms. The summed E-state index contributed by atoms with van der Waals surface area (Å²) in [6.45, 7) is 12.3. The highest BCUT2D eigenvalue weighted by Gasteiger charge is 2.20. The molecule has 1 aliphatic heterocycles. The Bertz CT molecular complexity index is 395. The predicted octanol–water partition coefficient (Wildman–Crippen LogP) is 3.03. The quantitative estimate of drug-likeness (QED) is 0.800. The average Bonchev–Trinajstić information content (AvgIpc) is 2.88. The minimum absolute atomic E-state index is 0.457. The summed E-state index contributed by atoms with van der Waals surface area (Å²) in [5.74, 6) is 2.78. The summed E-state index contributed by atoms with van der Waals surface area (Å²) in [5, 5.41) is 3.41. The lowest BCUT2D eigenvalue weighted by atomic mass is 10.1. The molecule has 1 aromatic rings. The molecule has 1 N–H and O–H groups in total. The molecule has 21 heavy (non-hydrogen) atoms. The highest BCUT2D eigenvalue weighted by Crippen LogP contribution is 2.17. The molecule has 0 amide bonds. The van der Waals surface area contributed by atoms with Gasteiger partial charge >= 0.3 is 0 Å². The lowest BCUT2D eigenvalue weighted by Crippen LogP contribution is -2.36. The molecule has 0 saturated carbocycles. The van der Waals surface area contributed by atoms with Crippen molar-refractivity contribution in [3.05, 3.63) is 23.7 Å². The second-order valence-electron chi connectivity index (χ2n) is 6.32. The molecule has 2 heterocycles. The molecule has 4 nitrogen and oxygen atoms in total. The van der Waals surface area contributed by atoms with Gasteiger partial charge in [0, 0.05) is 19.7 Å². The Hall–Kier alpha value is -0.840. The van der Waals surface area contributed by atoms with Crippen molar-refractivity contribution in [2.24, 2.45) is 5.92 Å². The fraction of sp³-hybridized carbons (Fsp3) is 0.765. The van der Waals surface area contributed by atoms with Crippen molar-refractivity contribution in [2.75, 3.05) is 26.2 Å². The van der Waals surface area contributed by atoms with Crippen LogP contribution in [0.15, 0.2) is 16.5 Å². The number of piperidine rings is 1. The van der Waals surface area contributed by atoms with Gasteiger partial charge in [-0.25, -0.2) is 0 Å². The lowest BCUT2D eigenvalue weighted by molar-refractivity contribution is 0.0111. The van der Waals surface area contributed by atoms with Gasteiger partial charge in [-0.05, 0) is 44.4 Å². The first-order valence-electron chi connectivity index (χ1n) is 8.29. The number of likely N-dealkylation sites (tertiary alicyclic amines) is 1. The minimum Gasteiger partial charge on any atom is -0.463 e. The Morgan fingerprint density at radius 1 is 1.29 bits per heavy atom. The standard InChI is InChI=1S/C17H30N2O2/c1-4-20-15-7-9-19(10-8-15)13-17-6-5-16(21-17)12-18-11-14(2)3/h5-6,14-15,18H,4,7-13H2,1-3H3. The van der Waals surface area contributed by atoms with E-state index in [4.69, 9.17) is 9.15 Å². The smallest absolute Gasteiger partial charge is 0.118 e. The first kappa shape index (κ1) is 16.5. The molecule has 0 radical (unpaired) electrons. The largest absolute Gasteiger partial charge is 0.463 e. The van der Waals surface area contributed by atoms with Crippen molar-refractivity contribution in [3.8, 4) is 0 Å². The summed E-state index contributed by atoms with van der Waals surface area (Å²) in [6, 6.07) is 4.20. The van der Waals surface area contributed by atoms with Gasteiger partial charge in [-0.1, -0.05) is 13.8 Å². The summed E-state index contributed by atoms with van der Waals surface area (Å²) in [5.41, 5.74) is 0. The fourth-order valence-corrected chi connectivity index (χ4v) is 2.78. The Labute approximate surface area is 128 Å². The monoisotopic (exact) mass is 294 g/mol. The molecule has 120 valence electrons. The molecule has 0 atom stereocenters. The maximum atomic E-state index is 5.91. The van der Waals surface area contributed by atoms with Crippen LogP contribution in [0.4, 0.5) is 0 Å². The first-order valence-corrected chi connectivity index (χ1v) is 8.29. The average molecular weight is 294 g/mol. The first-order chi connectivity index (χ1) is 10.2. The van der Waals surface area contributed by atoms with Gasteiger partial charge in [0.2, 0.25) is 0 Å². The Morgan fingerprint density at radius 2 is 2.00 bits per heavy atom. The highest BCUT2D eigenvalue weighted by atomic mass is 16.5. The van der Waals surface area contributed by atoms with Crippen molar-refractivity contribution in [1.82, 2.24) is 10.2 Å². The molecule has 1 aliphatic rings. The summed E-state index contributed by atoms with van der Waals surface area (Å²) < 4.78 is 11.6. The number of hydrogen-bond acceptors (Lipinski definition) is 4. The van der Waals surface area contributed by atoms with Crippen LogP contribution in [-0.4, -0.2) is 37.2 Å². The third-order valence-corrected chi connectivity index (χ3v) is 3.89. The van der Waals surface area contributed by atoms with Gasteiger partial charge in [0.15, 0.2) is 0 Å². The second-order valence-corrected chi connectivity index (χ2v) is 6.32. The molecule has 0 aromatic carbocycles. The van der Waals surface area contributed by atoms with Crippen molar-refractivity contribution in [3.63, 3.8) is 0 Å². The Kier molecular flexibility index (Phi) is 6.74. The van der Waals surface area contributed by atoms with Crippen LogP contribution in [0.25, 0.3) is 0 Å². The van der Waals surface area contributed by atoms with Gasteiger partial charge in [-0.2, -0.15) is 0 Å². The van der Waals surface area contributed by atoms with Gasteiger partial charge in [0.1, 0.15) is 11.5 Å². The predicted molar refractivity (Wildman–Crippen MR) is 85.2 cm³/mol. The van der Waals surface area contributed by atoms with E-state index in [0.717, 1.165) is 63.7 Å². The SMILES string of the molecule is CCOC1CCN(Cc2ccc(CNCC(C)C)o2)CC1. The molecule has 0 unspecified atom stereocenters. The lowest BCUT2D eigenvalue weighted by Gasteiger charge is -2.31. The van der Waals surface area contributed by atoms with E-state index in [1.54, 1.807) is 0 Å². The van der Waals surface area contributed by atoms with Crippen LogP contribution in [-0.2, 0) is 17.8 Å². The number of furan rings is 1. The molecule has 1 saturated heterocycles. The number of nitrogens with zero attached hydrogens (tertiary/aromatic N) is 1. The molecule has 0 aliphatic carbocycles. The van der Waals surface area contributed by atoms with Crippen LogP contribution < -0.4 is 5.32 Å². The van der Waals surface area contributed by atoms with E-state index < -0.39 is 0 Å². The molecule has 0 bridgehead atoms. The van der Waals surface area contributed by atoms with E-state index in [1.807, 2.05) is 0 Å².